The minimum atomic E-state index is -0.342. The Hall–Kier alpha value is -2.19. The molecule has 3 rings (SSSR count). The Morgan fingerprint density at radius 2 is 2.15 bits per heavy atom. The summed E-state index contributed by atoms with van der Waals surface area (Å²) in [5.41, 5.74) is 1.02. The standard InChI is InChI=1S/C18H16BrFN2O3S/c1-3-6-25-16-12(19)7-10(8-14(16)24-2)17(23)22-18-21-13-5-4-11(20)9-15(13)26-18/h4-5,7-9H,3,6H2,1-2H3,(H,21,22,23). The average Bonchev–Trinajstić information content (AvgIpc) is 3.01. The molecule has 2 aromatic carbocycles. The zero-order valence-electron chi connectivity index (χ0n) is 14.1. The minimum absolute atomic E-state index is 0.338. The molecule has 1 N–H and O–H groups in total. The van der Waals surface area contributed by atoms with Gasteiger partial charge in [-0.05, 0) is 52.7 Å². The fraction of sp³-hybridized carbons (Fsp3) is 0.222. The molecule has 0 aliphatic carbocycles. The van der Waals surface area contributed by atoms with E-state index in [1.165, 1.54) is 30.6 Å². The van der Waals surface area contributed by atoms with Crippen LogP contribution in [0, 0.1) is 5.82 Å². The maximum absolute atomic E-state index is 13.3. The topological polar surface area (TPSA) is 60.5 Å². The number of nitrogens with zero attached hydrogens (tertiary/aromatic N) is 1. The molecule has 0 aliphatic heterocycles. The number of rotatable bonds is 6. The number of anilines is 1. The van der Waals surface area contributed by atoms with Crippen molar-refractivity contribution in [2.75, 3.05) is 19.0 Å². The minimum Gasteiger partial charge on any atom is -0.493 e. The highest BCUT2D eigenvalue weighted by Crippen LogP contribution is 2.37. The van der Waals surface area contributed by atoms with Crippen LogP contribution in [0.25, 0.3) is 10.2 Å². The summed E-state index contributed by atoms with van der Waals surface area (Å²) in [7, 11) is 1.52. The van der Waals surface area contributed by atoms with Gasteiger partial charge in [-0.1, -0.05) is 18.3 Å². The molecule has 0 bridgehead atoms. The number of amides is 1. The Morgan fingerprint density at radius 1 is 1.35 bits per heavy atom. The molecule has 1 heterocycles. The lowest BCUT2D eigenvalue weighted by Crippen LogP contribution is -2.12. The Balaban J connectivity index is 1.85. The molecule has 0 fully saturated rings. The molecular formula is C18H16BrFN2O3S. The first-order chi connectivity index (χ1) is 12.5. The monoisotopic (exact) mass is 438 g/mol. The van der Waals surface area contributed by atoms with Crippen LogP contribution in [0.15, 0.2) is 34.8 Å². The predicted molar refractivity (Wildman–Crippen MR) is 104 cm³/mol. The van der Waals surface area contributed by atoms with Gasteiger partial charge in [-0.3, -0.25) is 10.1 Å². The number of fused-ring (bicyclic) bond motifs is 1. The van der Waals surface area contributed by atoms with E-state index in [2.05, 4.69) is 26.2 Å². The van der Waals surface area contributed by atoms with Crippen molar-refractivity contribution in [3.05, 3.63) is 46.2 Å². The zero-order valence-corrected chi connectivity index (χ0v) is 16.5. The lowest BCUT2D eigenvalue weighted by molar-refractivity contribution is 0.102. The van der Waals surface area contributed by atoms with Gasteiger partial charge in [0.1, 0.15) is 5.82 Å². The molecule has 0 radical (unpaired) electrons. The van der Waals surface area contributed by atoms with Crippen LogP contribution in [0.4, 0.5) is 9.52 Å². The third kappa shape index (κ3) is 3.96. The van der Waals surface area contributed by atoms with Crippen molar-refractivity contribution in [2.24, 2.45) is 0 Å². The second-order valence-electron chi connectivity index (χ2n) is 5.42. The van der Waals surface area contributed by atoms with E-state index in [1.54, 1.807) is 18.2 Å². The van der Waals surface area contributed by atoms with Crippen molar-refractivity contribution in [3.8, 4) is 11.5 Å². The third-order valence-corrected chi connectivity index (χ3v) is 5.04. The number of aromatic nitrogens is 1. The number of halogens is 2. The molecule has 0 unspecified atom stereocenters. The van der Waals surface area contributed by atoms with Crippen LogP contribution in [-0.4, -0.2) is 24.6 Å². The smallest absolute Gasteiger partial charge is 0.257 e. The van der Waals surface area contributed by atoms with Gasteiger partial charge < -0.3 is 9.47 Å². The molecule has 136 valence electrons. The number of thiazole rings is 1. The Kier molecular flexibility index (Phi) is 5.73. The number of hydrogen-bond acceptors (Lipinski definition) is 5. The van der Waals surface area contributed by atoms with Crippen molar-refractivity contribution >= 4 is 48.5 Å². The van der Waals surface area contributed by atoms with E-state index in [-0.39, 0.29) is 11.7 Å². The van der Waals surface area contributed by atoms with Crippen LogP contribution < -0.4 is 14.8 Å². The molecule has 0 spiro atoms. The van der Waals surface area contributed by atoms with Gasteiger partial charge in [-0.25, -0.2) is 9.37 Å². The summed E-state index contributed by atoms with van der Waals surface area (Å²) in [6.45, 7) is 2.55. The summed E-state index contributed by atoms with van der Waals surface area (Å²) in [5, 5.41) is 3.14. The Bertz CT molecular complexity index is 961. The number of carbonyl (C=O) groups excluding carboxylic acids is 1. The maximum atomic E-state index is 13.3. The molecule has 3 aromatic rings. The van der Waals surface area contributed by atoms with Crippen LogP contribution in [0.5, 0.6) is 11.5 Å². The first-order valence-corrected chi connectivity index (χ1v) is 9.50. The molecule has 0 atom stereocenters. The Labute approximate surface area is 162 Å². The van der Waals surface area contributed by atoms with Crippen LogP contribution in [0.2, 0.25) is 0 Å². The molecule has 0 saturated heterocycles. The van der Waals surface area contributed by atoms with Gasteiger partial charge in [0.05, 0.1) is 28.4 Å². The highest BCUT2D eigenvalue weighted by molar-refractivity contribution is 9.10. The van der Waals surface area contributed by atoms with Crippen molar-refractivity contribution in [2.45, 2.75) is 13.3 Å². The highest BCUT2D eigenvalue weighted by Gasteiger charge is 2.17. The lowest BCUT2D eigenvalue weighted by atomic mass is 10.2. The summed E-state index contributed by atoms with van der Waals surface area (Å²) in [6, 6.07) is 7.58. The van der Waals surface area contributed by atoms with Crippen LogP contribution in [0.3, 0.4) is 0 Å². The molecule has 0 saturated carbocycles. The van der Waals surface area contributed by atoms with Gasteiger partial charge in [0.2, 0.25) is 0 Å². The number of methoxy groups -OCH3 is 1. The SMILES string of the molecule is CCCOc1c(Br)cc(C(=O)Nc2nc3ccc(F)cc3s2)cc1OC. The molecule has 8 heteroatoms. The molecule has 0 aliphatic rings. The summed E-state index contributed by atoms with van der Waals surface area (Å²) >= 11 is 4.63. The average molecular weight is 439 g/mol. The van der Waals surface area contributed by atoms with Gasteiger partial charge >= 0.3 is 0 Å². The predicted octanol–water partition coefficient (Wildman–Crippen LogP) is 5.25. The van der Waals surface area contributed by atoms with E-state index in [0.717, 1.165) is 6.42 Å². The van der Waals surface area contributed by atoms with Gasteiger partial charge in [-0.2, -0.15) is 0 Å². The van der Waals surface area contributed by atoms with Crippen LogP contribution in [0.1, 0.15) is 23.7 Å². The summed E-state index contributed by atoms with van der Waals surface area (Å²) in [4.78, 5) is 16.9. The maximum Gasteiger partial charge on any atom is 0.257 e. The largest absolute Gasteiger partial charge is 0.493 e. The molecule has 1 amide bonds. The first-order valence-electron chi connectivity index (χ1n) is 7.89. The Morgan fingerprint density at radius 3 is 2.88 bits per heavy atom. The second kappa shape index (κ2) is 8.01. The summed E-state index contributed by atoms with van der Waals surface area (Å²) < 4.78 is 25.6. The van der Waals surface area contributed by atoms with Gasteiger partial charge in [-0.15, -0.1) is 0 Å². The zero-order chi connectivity index (χ0) is 18.7. The third-order valence-electron chi connectivity index (χ3n) is 3.51. The van der Waals surface area contributed by atoms with Gasteiger partial charge in [0, 0.05) is 5.56 Å². The normalized spacial score (nSPS) is 10.8. The van der Waals surface area contributed by atoms with Crippen molar-refractivity contribution in [1.29, 1.82) is 0 Å². The van der Waals surface area contributed by atoms with E-state index in [1.807, 2.05) is 6.92 Å². The highest BCUT2D eigenvalue weighted by atomic mass is 79.9. The van der Waals surface area contributed by atoms with Crippen LogP contribution >= 0.6 is 27.3 Å². The summed E-state index contributed by atoms with van der Waals surface area (Å²) in [5.74, 6) is 0.339. The van der Waals surface area contributed by atoms with Crippen LogP contribution in [-0.2, 0) is 0 Å². The van der Waals surface area contributed by atoms with Crippen molar-refractivity contribution in [3.63, 3.8) is 0 Å². The number of ether oxygens (including phenoxy) is 2. The molecule has 26 heavy (non-hydrogen) atoms. The van der Waals surface area contributed by atoms with E-state index < -0.39 is 0 Å². The molecule has 1 aromatic heterocycles. The first kappa shape index (κ1) is 18.6. The molecule has 5 nitrogen and oxygen atoms in total. The lowest BCUT2D eigenvalue weighted by Gasteiger charge is -2.13. The fourth-order valence-corrected chi connectivity index (χ4v) is 3.76. The number of nitrogens with one attached hydrogen (secondary N) is 1. The second-order valence-corrected chi connectivity index (χ2v) is 7.31. The number of benzene rings is 2. The number of hydrogen-bond donors (Lipinski definition) is 1. The quantitative estimate of drug-likeness (QED) is 0.570. The van der Waals surface area contributed by atoms with E-state index in [0.29, 0.717) is 43.5 Å². The van der Waals surface area contributed by atoms with Gasteiger partial charge in [0.15, 0.2) is 16.6 Å². The fourth-order valence-electron chi connectivity index (χ4n) is 2.32. The van der Waals surface area contributed by atoms with Gasteiger partial charge in [0.25, 0.3) is 5.91 Å². The van der Waals surface area contributed by atoms with E-state index in [9.17, 15) is 9.18 Å². The van der Waals surface area contributed by atoms with Crippen molar-refractivity contribution < 1.29 is 18.7 Å². The van der Waals surface area contributed by atoms with E-state index in [4.69, 9.17) is 9.47 Å². The van der Waals surface area contributed by atoms with E-state index >= 15 is 0 Å². The molecular weight excluding hydrogens is 423 g/mol. The van der Waals surface area contributed by atoms with Crippen molar-refractivity contribution in [1.82, 2.24) is 4.98 Å². The summed E-state index contributed by atoms with van der Waals surface area (Å²) in [6.07, 6.45) is 0.857. The number of carbonyl (C=O) groups is 1.